The molecule has 0 spiro atoms. The van der Waals surface area contributed by atoms with Crippen molar-refractivity contribution in [3.8, 4) is 0 Å². The topological polar surface area (TPSA) is 6.48 Å². The van der Waals surface area contributed by atoms with E-state index in [4.69, 9.17) is 0 Å². The summed E-state index contributed by atoms with van der Waals surface area (Å²) in [5, 5.41) is 0. The normalized spacial score (nSPS) is 25.1. The van der Waals surface area contributed by atoms with Crippen LogP contribution in [0.3, 0.4) is 0 Å². The van der Waals surface area contributed by atoms with Gasteiger partial charge < -0.3 is 4.90 Å². The molecule has 2 nitrogen and oxygen atoms in total. The van der Waals surface area contributed by atoms with Crippen LogP contribution < -0.4 is 0 Å². The van der Waals surface area contributed by atoms with E-state index in [2.05, 4.69) is 44.5 Å². The van der Waals surface area contributed by atoms with Crippen LogP contribution in [0.5, 0.6) is 0 Å². The molecule has 0 amide bonds. The zero-order valence-electron chi connectivity index (χ0n) is 14.5. The lowest BCUT2D eigenvalue weighted by atomic mass is 9.67. The molecular weight excluding hydrogens is 244 g/mol. The van der Waals surface area contributed by atoms with E-state index in [1.54, 1.807) is 0 Å². The Bertz CT molecular complexity index is 295. The highest BCUT2D eigenvalue weighted by Gasteiger charge is 2.39. The number of hydrogen-bond donors (Lipinski definition) is 0. The maximum atomic E-state index is 2.76. The molecule has 20 heavy (non-hydrogen) atoms. The molecule has 0 radical (unpaired) electrons. The number of hydrogen-bond acceptors (Lipinski definition) is 2. The van der Waals surface area contributed by atoms with E-state index in [1.807, 2.05) is 0 Å². The molecule has 0 aromatic carbocycles. The van der Waals surface area contributed by atoms with Crippen LogP contribution in [0.2, 0.25) is 0 Å². The third kappa shape index (κ3) is 3.98. The van der Waals surface area contributed by atoms with Gasteiger partial charge >= 0.3 is 0 Å². The van der Waals surface area contributed by atoms with Gasteiger partial charge in [0.15, 0.2) is 0 Å². The average molecular weight is 280 g/mol. The van der Waals surface area contributed by atoms with Crippen LogP contribution in [0.4, 0.5) is 0 Å². The van der Waals surface area contributed by atoms with Crippen molar-refractivity contribution in [1.82, 2.24) is 9.80 Å². The lowest BCUT2D eigenvalue weighted by molar-refractivity contribution is 0.0186. The molecule has 0 aromatic heterocycles. The Balaban J connectivity index is 1.95. The van der Waals surface area contributed by atoms with E-state index in [9.17, 15) is 0 Å². The van der Waals surface area contributed by atoms with Gasteiger partial charge in [-0.3, -0.25) is 4.90 Å². The van der Waals surface area contributed by atoms with Crippen LogP contribution in [0.1, 0.15) is 66.2 Å². The lowest BCUT2D eigenvalue weighted by Crippen LogP contribution is -2.50. The van der Waals surface area contributed by atoms with Crippen molar-refractivity contribution in [2.75, 3.05) is 33.2 Å². The fraction of sp³-hybridized carbons (Fsp3) is 1.00. The summed E-state index contributed by atoms with van der Waals surface area (Å²) in [6.07, 6.45) is 8.36. The van der Waals surface area contributed by atoms with E-state index in [-0.39, 0.29) is 0 Å². The Morgan fingerprint density at radius 1 is 0.850 bits per heavy atom. The summed E-state index contributed by atoms with van der Waals surface area (Å²) in [5.41, 5.74) is 0.843. The van der Waals surface area contributed by atoms with E-state index in [1.165, 1.54) is 64.7 Å². The average Bonchev–Trinajstić information content (AvgIpc) is 2.39. The minimum Gasteiger partial charge on any atom is -0.306 e. The largest absolute Gasteiger partial charge is 0.306 e. The van der Waals surface area contributed by atoms with Gasteiger partial charge in [0.25, 0.3) is 0 Å². The summed E-state index contributed by atoms with van der Waals surface area (Å²) in [5.74, 6) is 0.905. The van der Waals surface area contributed by atoms with E-state index in [0.29, 0.717) is 11.0 Å². The molecule has 118 valence electrons. The van der Waals surface area contributed by atoms with Crippen molar-refractivity contribution >= 4 is 0 Å². The third-order valence-electron chi connectivity index (χ3n) is 5.92. The third-order valence-corrected chi connectivity index (χ3v) is 5.92. The fourth-order valence-electron chi connectivity index (χ4n) is 4.66. The van der Waals surface area contributed by atoms with Crippen LogP contribution in [0, 0.1) is 11.3 Å². The maximum absolute atomic E-state index is 2.76. The van der Waals surface area contributed by atoms with Crippen LogP contribution >= 0.6 is 0 Å². The Morgan fingerprint density at radius 3 is 1.95 bits per heavy atom. The van der Waals surface area contributed by atoms with E-state index < -0.39 is 0 Å². The SMILES string of the molecule is CN1CCC(C(C)(C)CC(C)(C)N2CCCCC2)CC1. The fourth-order valence-corrected chi connectivity index (χ4v) is 4.66. The molecule has 0 saturated carbocycles. The van der Waals surface area contributed by atoms with Gasteiger partial charge in [0, 0.05) is 5.54 Å². The summed E-state index contributed by atoms with van der Waals surface area (Å²) in [7, 11) is 2.26. The molecule has 0 bridgehead atoms. The van der Waals surface area contributed by atoms with Crippen molar-refractivity contribution in [2.24, 2.45) is 11.3 Å². The first kappa shape index (κ1) is 16.3. The second kappa shape index (κ2) is 6.36. The summed E-state index contributed by atoms with van der Waals surface area (Å²) in [4.78, 5) is 5.25. The summed E-state index contributed by atoms with van der Waals surface area (Å²) >= 11 is 0. The first-order valence-electron chi connectivity index (χ1n) is 8.75. The Labute approximate surface area is 126 Å². The molecule has 2 aliphatic heterocycles. The Morgan fingerprint density at radius 2 is 1.40 bits per heavy atom. The maximum Gasteiger partial charge on any atom is 0.0158 e. The smallest absolute Gasteiger partial charge is 0.0158 e. The van der Waals surface area contributed by atoms with Crippen LogP contribution in [-0.4, -0.2) is 48.6 Å². The zero-order valence-corrected chi connectivity index (χ0v) is 14.5. The molecular formula is C18H36N2. The second-order valence-electron chi connectivity index (χ2n) is 8.60. The molecule has 0 aromatic rings. The number of nitrogens with zero attached hydrogens (tertiary/aromatic N) is 2. The van der Waals surface area contributed by atoms with E-state index >= 15 is 0 Å². The van der Waals surface area contributed by atoms with Crippen LogP contribution in [-0.2, 0) is 0 Å². The van der Waals surface area contributed by atoms with Crippen LogP contribution in [0.15, 0.2) is 0 Å². The molecule has 0 atom stereocenters. The molecule has 2 saturated heterocycles. The first-order chi connectivity index (χ1) is 9.31. The van der Waals surface area contributed by atoms with Crippen molar-refractivity contribution in [2.45, 2.75) is 71.8 Å². The zero-order chi connectivity index (χ0) is 14.8. The van der Waals surface area contributed by atoms with Gasteiger partial charge in [0.2, 0.25) is 0 Å². The van der Waals surface area contributed by atoms with Crippen molar-refractivity contribution < 1.29 is 0 Å². The standard InChI is InChI=1S/C18H36N2/c1-17(2,16-9-13-19(5)14-10-16)15-18(3,4)20-11-7-6-8-12-20/h16H,6-15H2,1-5H3. The molecule has 2 aliphatic rings. The van der Waals surface area contributed by atoms with E-state index in [0.717, 1.165) is 5.92 Å². The molecule has 2 heterocycles. The van der Waals surface area contributed by atoms with Gasteiger partial charge in [-0.15, -0.1) is 0 Å². The molecule has 0 aliphatic carbocycles. The van der Waals surface area contributed by atoms with Crippen molar-refractivity contribution in [1.29, 1.82) is 0 Å². The van der Waals surface area contributed by atoms with Crippen LogP contribution in [0.25, 0.3) is 0 Å². The highest BCUT2D eigenvalue weighted by Crippen LogP contribution is 2.42. The van der Waals surface area contributed by atoms with Crippen molar-refractivity contribution in [3.05, 3.63) is 0 Å². The van der Waals surface area contributed by atoms with Gasteiger partial charge in [-0.2, -0.15) is 0 Å². The molecule has 0 N–H and O–H groups in total. The van der Waals surface area contributed by atoms with Crippen molar-refractivity contribution in [3.63, 3.8) is 0 Å². The number of rotatable bonds is 4. The van der Waals surface area contributed by atoms with Gasteiger partial charge in [-0.25, -0.2) is 0 Å². The van der Waals surface area contributed by atoms with Gasteiger partial charge in [0.1, 0.15) is 0 Å². The summed E-state index contributed by atoms with van der Waals surface area (Å²) in [6, 6.07) is 0. The Kier molecular flexibility index (Phi) is 5.18. The monoisotopic (exact) mass is 280 g/mol. The molecule has 2 fully saturated rings. The minimum atomic E-state index is 0.368. The number of piperidine rings is 2. The quantitative estimate of drug-likeness (QED) is 0.768. The second-order valence-corrected chi connectivity index (χ2v) is 8.60. The predicted molar refractivity (Wildman–Crippen MR) is 88.1 cm³/mol. The highest BCUT2D eigenvalue weighted by molar-refractivity contribution is 4.93. The lowest BCUT2D eigenvalue weighted by Gasteiger charge is -2.48. The highest BCUT2D eigenvalue weighted by atomic mass is 15.2. The molecule has 0 unspecified atom stereocenters. The molecule has 2 rings (SSSR count). The summed E-state index contributed by atoms with van der Waals surface area (Å²) < 4.78 is 0. The van der Waals surface area contributed by atoms with Gasteiger partial charge in [0.05, 0.1) is 0 Å². The minimum absolute atomic E-state index is 0.368. The number of likely N-dealkylation sites (tertiary alicyclic amines) is 2. The van der Waals surface area contributed by atoms with Gasteiger partial charge in [-0.1, -0.05) is 20.3 Å². The Hall–Kier alpha value is -0.0800. The predicted octanol–water partition coefficient (Wildman–Crippen LogP) is 4.01. The summed E-state index contributed by atoms with van der Waals surface area (Å²) in [6.45, 7) is 15.2. The van der Waals surface area contributed by atoms with Gasteiger partial charge in [-0.05, 0) is 90.5 Å². The first-order valence-corrected chi connectivity index (χ1v) is 8.75. The molecule has 2 heteroatoms.